The molecule has 0 heterocycles. The Morgan fingerprint density at radius 1 is 0.962 bits per heavy atom. The summed E-state index contributed by atoms with van der Waals surface area (Å²) in [5.74, 6) is -0.426. The van der Waals surface area contributed by atoms with Crippen LogP contribution >= 0.6 is 34.8 Å². The molecule has 0 N–H and O–H groups in total. The van der Waals surface area contributed by atoms with E-state index in [-0.39, 0.29) is 6.10 Å². The molecule has 0 aliphatic heterocycles. The van der Waals surface area contributed by atoms with Gasteiger partial charge < -0.3 is 4.74 Å². The highest BCUT2D eigenvalue weighted by Gasteiger charge is 2.02. The predicted octanol–water partition coefficient (Wildman–Crippen LogP) is 6.86. The molecule has 0 unspecified atom stereocenters. The number of hydrogen-bond acceptors (Lipinski definition) is 2. The third-order valence-electron chi connectivity index (χ3n) is 3.31. The highest BCUT2D eigenvalue weighted by atomic mass is 35.5. The topological polar surface area (TPSA) is 26.3 Å². The van der Waals surface area contributed by atoms with E-state index in [1.807, 2.05) is 18.2 Å². The van der Waals surface area contributed by atoms with Crippen molar-refractivity contribution in [2.75, 3.05) is 0 Å². The van der Waals surface area contributed by atoms with Gasteiger partial charge >= 0.3 is 5.97 Å². The summed E-state index contributed by atoms with van der Waals surface area (Å²) >= 11 is 17.8. The first-order valence-electron chi connectivity index (χ1n) is 7.88. The molecule has 134 valence electrons. The summed E-state index contributed by atoms with van der Waals surface area (Å²) in [5.41, 5.74) is 1.80. The molecule has 1 atom stereocenters. The van der Waals surface area contributed by atoms with Crippen molar-refractivity contribution in [2.24, 2.45) is 0 Å². The van der Waals surface area contributed by atoms with Gasteiger partial charge in [-0.25, -0.2) is 4.79 Å². The fourth-order valence-electron chi connectivity index (χ4n) is 2.01. The second-order valence-corrected chi connectivity index (χ2v) is 6.72. The lowest BCUT2D eigenvalue weighted by atomic mass is 10.2. The molecular formula is C21H17Cl3O2. The number of allylic oxidation sites excluding steroid dienone is 2. The molecular weight excluding hydrogens is 391 g/mol. The SMILES string of the molecule is C[C@H](C=Cc1ccc(Cl)cc1)OC(=O)C=CC=Cc1ccc(Cl)cc1Cl. The average Bonchev–Trinajstić information content (AvgIpc) is 2.59. The number of rotatable bonds is 6. The van der Waals surface area contributed by atoms with Gasteiger partial charge in [-0.05, 0) is 48.4 Å². The van der Waals surface area contributed by atoms with E-state index in [1.165, 1.54) is 6.08 Å². The summed E-state index contributed by atoms with van der Waals surface area (Å²) in [6, 6.07) is 12.6. The van der Waals surface area contributed by atoms with Crippen LogP contribution in [0.1, 0.15) is 18.1 Å². The Bertz CT molecular complexity index is 837. The predicted molar refractivity (Wildman–Crippen MR) is 111 cm³/mol. The van der Waals surface area contributed by atoms with E-state index in [0.717, 1.165) is 11.1 Å². The Morgan fingerprint density at radius 3 is 2.35 bits per heavy atom. The fraction of sp³-hybridized carbons (Fsp3) is 0.0952. The lowest BCUT2D eigenvalue weighted by molar-refractivity contribution is -0.140. The molecule has 0 saturated carbocycles. The van der Waals surface area contributed by atoms with Crippen LogP contribution in [0.2, 0.25) is 15.1 Å². The van der Waals surface area contributed by atoms with Crippen molar-refractivity contribution in [3.8, 4) is 0 Å². The Morgan fingerprint density at radius 2 is 1.65 bits per heavy atom. The molecule has 2 nitrogen and oxygen atoms in total. The summed E-state index contributed by atoms with van der Waals surface area (Å²) in [6.45, 7) is 1.79. The van der Waals surface area contributed by atoms with Gasteiger partial charge in [-0.15, -0.1) is 0 Å². The van der Waals surface area contributed by atoms with Crippen molar-refractivity contribution in [3.63, 3.8) is 0 Å². The second-order valence-electron chi connectivity index (χ2n) is 5.44. The van der Waals surface area contributed by atoms with Crippen LogP contribution in [0.25, 0.3) is 12.2 Å². The average molecular weight is 408 g/mol. The minimum Gasteiger partial charge on any atom is -0.455 e. The van der Waals surface area contributed by atoms with E-state index in [9.17, 15) is 4.79 Å². The number of esters is 1. The van der Waals surface area contributed by atoms with Crippen LogP contribution in [-0.4, -0.2) is 12.1 Å². The summed E-state index contributed by atoms with van der Waals surface area (Å²) in [5, 5.41) is 1.80. The quantitative estimate of drug-likeness (QED) is 0.297. The van der Waals surface area contributed by atoms with Crippen molar-refractivity contribution >= 4 is 52.9 Å². The van der Waals surface area contributed by atoms with Gasteiger partial charge in [0, 0.05) is 21.1 Å². The first-order chi connectivity index (χ1) is 12.4. The molecule has 26 heavy (non-hydrogen) atoms. The first-order valence-corrected chi connectivity index (χ1v) is 9.01. The first kappa shape index (κ1) is 20.3. The largest absolute Gasteiger partial charge is 0.455 e. The van der Waals surface area contributed by atoms with E-state index >= 15 is 0 Å². The lowest BCUT2D eigenvalue weighted by Gasteiger charge is -2.06. The third-order valence-corrected chi connectivity index (χ3v) is 4.13. The Balaban J connectivity index is 1.84. The summed E-state index contributed by atoms with van der Waals surface area (Å²) in [4.78, 5) is 11.8. The molecule has 0 amide bonds. The maximum Gasteiger partial charge on any atom is 0.331 e. The minimum absolute atomic E-state index is 0.350. The molecule has 0 aromatic heterocycles. The molecule has 0 aliphatic rings. The lowest BCUT2D eigenvalue weighted by Crippen LogP contribution is -2.09. The molecule has 0 aliphatic carbocycles. The molecule has 0 spiro atoms. The second kappa shape index (κ2) is 10.2. The third kappa shape index (κ3) is 7.09. The molecule has 0 saturated heterocycles. The van der Waals surface area contributed by atoms with E-state index in [1.54, 1.807) is 61.6 Å². The molecule has 0 bridgehead atoms. The number of halogens is 3. The zero-order chi connectivity index (χ0) is 18.9. The molecule has 2 aromatic carbocycles. The summed E-state index contributed by atoms with van der Waals surface area (Å²) < 4.78 is 5.27. The molecule has 5 heteroatoms. The summed E-state index contributed by atoms with van der Waals surface area (Å²) in [7, 11) is 0. The number of ether oxygens (including phenoxy) is 1. The summed E-state index contributed by atoms with van der Waals surface area (Å²) in [6.07, 6.45) is 9.78. The van der Waals surface area contributed by atoms with Crippen LogP contribution in [0.3, 0.4) is 0 Å². The van der Waals surface area contributed by atoms with E-state index < -0.39 is 5.97 Å². The van der Waals surface area contributed by atoms with Crippen LogP contribution in [-0.2, 0) is 9.53 Å². The van der Waals surface area contributed by atoms with Crippen molar-refractivity contribution < 1.29 is 9.53 Å². The zero-order valence-electron chi connectivity index (χ0n) is 14.0. The zero-order valence-corrected chi connectivity index (χ0v) is 16.3. The smallest absolute Gasteiger partial charge is 0.331 e. The maximum atomic E-state index is 11.8. The van der Waals surface area contributed by atoms with Crippen LogP contribution in [0, 0.1) is 0 Å². The van der Waals surface area contributed by atoms with Crippen LogP contribution < -0.4 is 0 Å². The van der Waals surface area contributed by atoms with Crippen LogP contribution in [0.5, 0.6) is 0 Å². The molecule has 2 aromatic rings. The van der Waals surface area contributed by atoms with Gasteiger partial charge in [-0.2, -0.15) is 0 Å². The van der Waals surface area contributed by atoms with Gasteiger partial charge in [0.05, 0.1) is 0 Å². The molecule has 0 fully saturated rings. The Hall–Kier alpha value is -2.00. The van der Waals surface area contributed by atoms with Gasteiger partial charge in [0.15, 0.2) is 0 Å². The van der Waals surface area contributed by atoms with Crippen molar-refractivity contribution in [1.82, 2.24) is 0 Å². The highest BCUT2D eigenvalue weighted by Crippen LogP contribution is 2.21. The van der Waals surface area contributed by atoms with Gasteiger partial charge in [0.2, 0.25) is 0 Å². The number of carbonyl (C=O) groups is 1. The van der Waals surface area contributed by atoms with Gasteiger partial charge in [-0.1, -0.05) is 77.3 Å². The monoisotopic (exact) mass is 406 g/mol. The van der Waals surface area contributed by atoms with Crippen molar-refractivity contribution in [2.45, 2.75) is 13.0 Å². The van der Waals surface area contributed by atoms with Crippen LogP contribution in [0.15, 0.2) is 66.8 Å². The van der Waals surface area contributed by atoms with E-state index in [4.69, 9.17) is 39.5 Å². The molecule has 0 radical (unpaired) electrons. The van der Waals surface area contributed by atoms with Gasteiger partial charge in [0.25, 0.3) is 0 Å². The standard InChI is InChI=1S/C21H17Cl3O2/c1-15(6-7-16-8-11-18(22)12-9-16)26-21(25)5-3-2-4-17-10-13-19(23)14-20(17)24/h2-15H,1H3/t15-/m1/s1. The van der Waals surface area contributed by atoms with Gasteiger partial charge in [-0.3, -0.25) is 0 Å². The molecule has 2 rings (SSSR count). The van der Waals surface area contributed by atoms with Crippen molar-refractivity contribution in [1.29, 1.82) is 0 Å². The fourth-order valence-corrected chi connectivity index (χ4v) is 2.61. The minimum atomic E-state index is -0.426. The van der Waals surface area contributed by atoms with E-state index in [0.29, 0.717) is 15.1 Å². The normalized spacial score (nSPS) is 12.9. The number of carbonyl (C=O) groups excluding carboxylic acids is 1. The van der Waals surface area contributed by atoms with E-state index in [2.05, 4.69) is 0 Å². The number of benzene rings is 2. The maximum absolute atomic E-state index is 11.8. The van der Waals surface area contributed by atoms with Crippen molar-refractivity contribution in [3.05, 3.63) is 93.0 Å². The van der Waals surface area contributed by atoms with Gasteiger partial charge in [0.1, 0.15) is 6.10 Å². The van der Waals surface area contributed by atoms with Crippen LogP contribution in [0.4, 0.5) is 0 Å². The Kier molecular flexibility index (Phi) is 7.99. The highest BCUT2D eigenvalue weighted by molar-refractivity contribution is 6.35. The number of hydrogen-bond donors (Lipinski definition) is 0. The Labute approximate surface area is 168 Å².